The molecule has 0 unspecified atom stereocenters. The highest BCUT2D eigenvalue weighted by Crippen LogP contribution is 2.39. The molecule has 1 aliphatic heterocycles. The summed E-state index contributed by atoms with van der Waals surface area (Å²) < 4.78 is 0. The van der Waals surface area contributed by atoms with Crippen LogP contribution in [0.1, 0.15) is 44.4 Å². The monoisotopic (exact) mass is 379 g/mol. The highest BCUT2D eigenvalue weighted by molar-refractivity contribution is 5.89. The Balaban J connectivity index is 1.92. The van der Waals surface area contributed by atoms with E-state index in [2.05, 4.69) is 66.3 Å². The molecule has 28 heavy (non-hydrogen) atoms. The minimum Gasteiger partial charge on any atom is -0.363 e. The third-order valence-corrected chi connectivity index (χ3v) is 5.04. The molecule has 2 heterocycles. The Morgan fingerprint density at radius 1 is 1.36 bits per heavy atom. The van der Waals surface area contributed by atoms with E-state index in [0.717, 1.165) is 17.7 Å². The van der Waals surface area contributed by atoms with Crippen LogP contribution >= 0.6 is 0 Å². The highest BCUT2D eigenvalue weighted by atomic mass is 16.6. The van der Waals surface area contributed by atoms with Crippen molar-refractivity contribution in [2.75, 3.05) is 16.9 Å². The summed E-state index contributed by atoms with van der Waals surface area (Å²) in [5, 5.41) is 15.3. The number of pyridine rings is 1. The van der Waals surface area contributed by atoms with Gasteiger partial charge in [-0.25, -0.2) is 4.98 Å². The summed E-state index contributed by atoms with van der Waals surface area (Å²) in [7, 11) is 0. The molecule has 3 rings (SSSR count). The van der Waals surface area contributed by atoms with Crippen LogP contribution in [0, 0.1) is 17.0 Å². The van der Waals surface area contributed by atoms with Crippen LogP contribution in [0.4, 0.5) is 17.2 Å². The third-order valence-electron chi connectivity index (χ3n) is 5.04. The van der Waals surface area contributed by atoms with Crippen molar-refractivity contribution in [3.8, 4) is 0 Å². The van der Waals surface area contributed by atoms with Gasteiger partial charge in [-0.05, 0) is 69.5 Å². The molecular weight excluding hydrogens is 354 g/mol. The largest absolute Gasteiger partial charge is 0.363 e. The van der Waals surface area contributed by atoms with E-state index >= 15 is 0 Å². The molecule has 0 saturated carbocycles. The van der Waals surface area contributed by atoms with Gasteiger partial charge >= 0.3 is 5.69 Å². The van der Waals surface area contributed by atoms with Crippen molar-refractivity contribution in [3.63, 3.8) is 0 Å². The van der Waals surface area contributed by atoms with Crippen LogP contribution in [0.3, 0.4) is 0 Å². The lowest BCUT2D eigenvalue weighted by Gasteiger charge is -2.43. The standard InChI is InChI=1S/C21H25N5O2/c1-6-25-19-10-14(2)16(11-17(19)15(3)12-21(25,4)5)13-23-24-20-18(26(27)28)8-7-9-22-20/h7-13H,6H2,1-5H3,(H,22,24)/b23-13-. The zero-order chi connectivity index (χ0) is 20.5. The van der Waals surface area contributed by atoms with E-state index in [1.807, 2.05) is 6.92 Å². The SMILES string of the molecule is CCN1c2cc(C)c(/C=N\Nc3ncccc3[N+](=O)[O-])cc2C(C)=CC1(C)C. The molecule has 0 amide bonds. The average molecular weight is 379 g/mol. The number of rotatable bonds is 5. The number of benzene rings is 1. The predicted molar refractivity (Wildman–Crippen MR) is 114 cm³/mol. The Morgan fingerprint density at radius 3 is 2.79 bits per heavy atom. The van der Waals surface area contributed by atoms with Gasteiger partial charge in [-0.1, -0.05) is 6.08 Å². The topological polar surface area (TPSA) is 83.7 Å². The fourth-order valence-corrected chi connectivity index (χ4v) is 3.75. The fraction of sp³-hybridized carbons (Fsp3) is 0.333. The summed E-state index contributed by atoms with van der Waals surface area (Å²) in [4.78, 5) is 17.0. The quantitative estimate of drug-likeness (QED) is 0.460. The smallest absolute Gasteiger partial charge is 0.313 e. The number of aryl methyl sites for hydroxylation is 1. The second-order valence-corrected chi connectivity index (χ2v) is 7.45. The van der Waals surface area contributed by atoms with E-state index in [9.17, 15) is 10.1 Å². The van der Waals surface area contributed by atoms with Gasteiger partial charge < -0.3 is 4.90 Å². The second-order valence-electron chi connectivity index (χ2n) is 7.45. The van der Waals surface area contributed by atoms with Crippen molar-refractivity contribution in [3.05, 3.63) is 63.3 Å². The van der Waals surface area contributed by atoms with Crippen molar-refractivity contribution in [2.45, 2.75) is 40.2 Å². The zero-order valence-electron chi connectivity index (χ0n) is 16.9. The summed E-state index contributed by atoms with van der Waals surface area (Å²) in [5.74, 6) is 0.120. The predicted octanol–water partition coefficient (Wildman–Crippen LogP) is 4.77. The summed E-state index contributed by atoms with van der Waals surface area (Å²) in [6, 6.07) is 7.22. The minimum absolute atomic E-state index is 0.0344. The molecule has 2 aromatic rings. The van der Waals surface area contributed by atoms with Gasteiger partial charge in [-0.2, -0.15) is 5.10 Å². The Hall–Kier alpha value is -3.22. The maximum Gasteiger partial charge on any atom is 0.313 e. The minimum atomic E-state index is -0.482. The number of aromatic nitrogens is 1. The normalized spacial score (nSPS) is 15.3. The lowest BCUT2D eigenvalue weighted by atomic mass is 9.87. The molecule has 0 radical (unpaired) electrons. The number of allylic oxidation sites excluding steroid dienone is 1. The lowest BCUT2D eigenvalue weighted by molar-refractivity contribution is -0.384. The van der Waals surface area contributed by atoms with Crippen molar-refractivity contribution in [1.29, 1.82) is 0 Å². The van der Waals surface area contributed by atoms with Gasteiger partial charge in [0.05, 0.1) is 16.7 Å². The number of nitrogens with one attached hydrogen (secondary N) is 1. The number of hydrogen-bond donors (Lipinski definition) is 1. The number of anilines is 2. The molecule has 0 aliphatic carbocycles. The van der Waals surface area contributed by atoms with E-state index in [0.29, 0.717) is 0 Å². The van der Waals surface area contributed by atoms with Crippen LogP contribution in [0.15, 0.2) is 41.6 Å². The molecule has 0 fully saturated rings. The Labute approximate surface area is 164 Å². The van der Waals surface area contributed by atoms with Crippen molar-refractivity contribution < 1.29 is 4.92 Å². The molecule has 1 aliphatic rings. The number of nitro groups is 1. The van der Waals surface area contributed by atoms with E-state index in [4.69, 9.17) is 0 Å². The highest BCUT2D eigenvalue weighted by Gasteiger charge is 2.30. The Bertz CT molecular complexity index is 979. The third kappa shape index (κ3) is 3.60. The molecule has 0 saturated heterocycles. The van der Waals surface area contributed by atoms with Crippen LogP contribution in [0.5, 0.6) is 0 Å². The molecule has 0 bridgehead atoms. The van der Waals surface area contributed by atoms with E-state index in [-0.39, 0.29) is 17.0 Å². The van der Waals surface area contributed by atoms with Gasteiger partial charge in [0, 0.05) is 30.1 Å². The van der Waals surface area contributed by atoms with E-state index in [1.165, 1.54) is 35.2 Å². The number of hydrogen-bond acceptors (Lipinski definition) is 6. The number of fused-ring (bicyclic) bond motifs is 1. The molecule has 0 atom stereocenters. The zero-order valence-corrected chi connectivity index (χ0v) is 16.9. The van der Waals surface area contributed by atoms with Crippen molar-refractivity contribution in [2.24, 2.45) is 5.10 Å². The lowest BCUT2D eigenvalue weighted by Crippen LogP contribution is -2.45. The van der Waals surface area contributed by atoms with Crippen LogP contribution in [0.2, 0.25) is 0 Å². The molecule has 1 aromatic carbocycles. The van der Waals surface area contributed by atoms with Crippen LogP contribution in [-0.4, -0.2) is 28.2 Å². The van der Waals surface area contributed by atoms with Gasteiger partial charge in [-0.15, -0.1) is 0 Å². The maximum atomic E-state index is 11.1. The number of likely N-dealkylation sites (N-methyl/N-ethyl adjacent to an activating group) is 1. The summed E-state index contributed by atoms with van der Waals surface area (Å²) in [6.07, 6.45) is 5.45. The molecule has 1 aromatic heterocycles. The molecule has 7 nitrogen and oxygen atoms in total. The van der Waals surface area contributed by atoms with E-state index < -0.39 is 4.92 Å². The van der Waals surface area contributed by atoms with Crippen molar-refractivity contribution >= 4 is 29.0 Å². The van der Waals surface area contributed by atoms with Crippen LogP contribution in [0.25, 0.3) is 5.57 Å². The number of hydrazone groups is 1. The first-order valence-electron chi connectivity index (χ1n) is 9.25. The molecule has 0 spiro atoms. The fourth-order valence-electron chi connectivity index (χ4n) is 3.75. The first-order chi connectivity index (χ1) is 13.2. The summed E-state index contributed by atoms with van der Waals surface area (Å²) >= 11 is 0. The van der Waals surface area contributed by atoms with Gasteiger partial charge in [0.2, 0.25) is 5.82 Å². The molecular formula is C21H25N5O2. The van der Waals surface area contributed by atoms with Gasteiger partial charge in [0.15, 0.2) is 0 Å². The van der Waals surface area contributed by atoms with Gasteiger partial charge in [0.1, 0.15) is 0 Å². The Morgan fingerprint density at radius 2 is 2.11 bits per heavy atom. The first-order valence-corrected chi connectivity index (χ1v) is 9.25. The summed E-state index contributed by atoms with van der Waals surface area (Å²) in [6.45, 7) is 11.7. The molecule has 146 valence electrons. The molecule has 7 heteroatoms. The van der Waals surface area contributed by atoms with Crippen LogP contribution < -0.4 is 10.3 Å². The first kappa shape index (κ1) is 19.5. The van der Waals surface area contributed by atoms with E-state index in [1.54, 1.807) is 6.21 Å². The van der Waals surface area contributed by atoms with Gasteiger partial charge in [0.25, 0.3) is 0 Å². The van der Waals surface area contributed by atoms with Crippen LogP contribution in [-0.2, 0) is 0 Å². The summed E-state index contributed by atoms with van der Waals surface area (Å²) in [5.41, 5.74) is 8.21. The average Bonchev–Trinajstić information content (AvgIpc) is 2.62. The second kappa shape index (κ2) is 7.42. The Kier molecular flexibility index (Phi) is 5.18. The van der Waals surface area contributed by atoms with Gasteiger partial charge in [-0.3, -0.25) is 15.5 Å². The van der Waals surface area contributed by atoms with Crippen molar-refractivity contribution in [1.82, 2.24) is 4.98 Å². The molecule has 1 N–H and O–H groups in total. The number of nitrogens with zero attached hydrogens (tertiary/aromatic N) is 4. The maximum absolute atomic E-state index is 11.1.